The Bertz CT molecular complexity index is 729. The molecule has 146 valence electrons. The van der Waals surface area contributed by atoms with Crippen molar-refractivity contribution in [2.45, 2.75) is 33.9 Å². The van der Waals surface area contributed by atoms with Crippen LogP contribution in [0.2, 0.25) is 0 Å². The Hall–Kier alpha value is -2.53. The summed E-state index contributed by atoms with van der Waals surface area (Å²) >= 11 is 0. The molecular formula is C22H30N2O3. The second kappa shape index (κ2) is 10.6. The first kappa shape index (κ1) is 20.8. The van der Waals surface area contributed by atoms with Crippen molar-refractivity contribution in [1.82, 2.24) is 10.2 Å². The normalized spacial score (nSPS) is 10.7. The van der Waals surface area contributed by atoms with Crippen molar-refractivity contribution in [3.05, 3.63) is 59.2 Å². The molecule has 0 bridgehead atoms. The van der Waals surface area contributed by atoms with Gasteiger partial charge < -0.3 is 14.8 Å². The van der Waals surface area contributed by atoms with Gasteiger partial charge in [0.2, 0.25) is 5.91 Å². The standard InChI is InChI=1S/C22H30N2O3/c1-5-24(15-19-11-12-20(27-6-2)21(13-19)26-4)16-22(25)23-14-18-9-7-17(3)8-10-18/h7-13H,5-6,14-16H2,1-4H3,(H,23,25). The molecule has 0 saturated carbocycles. The van der Waals surface area contributed by atoms with E-state index in [1.807, 2.05) is 37.3 Å². The molecule has 2 aromatic rings. The molecule has 0 saturated heterocycles. The zero-order chi connectivity index (χ0) is 19.6. The van der Waals surface area contributed by atoms with E-state index in [2.05, 4.69) is 36.2 Å². The Morgan fingerprint density at radius 2 is 1.74 bits per heavy atom. The lowest BCUT2D eigenvalue weighted by Gasteiger charge is -2.21. The maximum absolute atomic E-state index is 12.3. The molecule has 1 amide bonds. The molecule has 0 aromatic heterocycles. The Morgan fingerprint density at radius 1 is 1.04 bits per heavy atom. The first-order chi connectivity index (χ1) is 13.0. The van der Waals surface area contributed by atoms with E-state index in [1.54, 1.807) is 7.11 Å². The molecule has 0 spiro atoms. The molecule has 0 fully saturated rings. The number of ether oxygens (including phenoxy) is 2. The highest BCUT2D eigenvalue weighted by Crippen LogP contribution is 2.28. The highest BCUT2D eigenvalue weighted by atomic mass is 16.5. The fraction of sp³-hybridized carbons (Fsp3) is 0.409. The molecular weight excluding hydrogens is 340 g/mol. The molecule has 0 aliphatic rings. The zero-order valence-corrected chi connectivity index (χ0v) is 16.7. The van der Waals surface area contributed by atoms with Crippen molar-refractivity contribution >= 4 is 5.91 Å². The fourth-order valence-corrected chi connectivity index (χ4v) is 2.79. The summed E-state index contributed by atoms with van der Waals surface area (Å²) in [5.74, 6) is 1.48. The SMILES string of the molecule is CCOc1ccc(CN(CC)CC(=O)NCc2ccc(C)cc2)cc1OC. The summed E-state index contributed by atoms with van der Waals surface area (Å²) in [6.07, 6.45) is 0. The van der Waals surface area contributed by atoms with Crippen molar-refractivity contribution in [3.63, 3.8) is 0 Å². The van der Waals surface area contributed by atoms with Gasteiger partial charge in [-0.1, -0.05) is 42.8 Å². The zero-order valence-electron chi connectivity index (χ0n) is 16.7. The summed E-state index contributed by atoms with van der Waals surface area (Å²) < 4.78 is 11.0. The minimum absolute atomic E-state index is 0.0235. The van der Waals surface area contributed by atoms with Crippen LogP contribution in [-0.4, -0.2) is 37.6 Å². The number of nitrogens with one attached hydrogen (secondary N) is 1. The van der Waals surface area contributed by atoms with E-state index in [-0.39, 0.29) is 5.91 Å². The average Bonchev–Trinajstić information content (AvgIpc) is 2.68. The lowest BCUT2D eigenvalue weighted by Crippen LogP contribution is -2.36. The molecule has 0 atom stereocenters. The topological polar surface area (TPSA) is 50.8 Å². The van der Waals surface area contributed by atoms with Crippen LogP contribution >= 0.6 is 0 Å². The highest BCUT2D eigenvalue weighted by molar-refractivity contribution is 5.78. The van der Waals surface area contributed by atoms with Gasteiger partial charge in [0.25, 0.3) is 0 Å². The van der Waals surface area contributed by atoms with E-state index in [9.17, 15) is 4.79 Å². The monoisotopic (exact) mass is 370 g/mol. The van der Waals surface area contributed by atoms with E-state index in [0.717, 1.165) is 23.4 Å². The van der Waals surface area contributed by atoms with E-state index in [0.29, 0.717) is 32.0 Å². The van der Waals surface area contributed by atoms with Crippen LogP contribution in [0.3, 0.4) is 0 Å². The van der Waals surface area contributed by atoms with Gasteiger partial charge in [0, 0.05) is 13.1 Å². The molecule has 0 heterocycles. The Morgan fingerprint density at radius 3 is 2.37 bits per heavy atom. The number of likely N-dealkylation sites (N-methyl/N-ethyl adjacent to an activating group) is 1. The lowest BCUT2D eigenvalue weighted by atomic mass is 10.1. The third kappa shape index (κ3) is 6.61. The largest absolute Gasteiger partial charge is 0.493 e. The molecule has 27 heavy (non-hydrogen) atoms. The molecule has 2 aromatic carbocycles. The van der Waals surface area contributed by atoms with Crippen LogP contribution in [0.25, 0.3) is 0 Å². The van der Waals surface area contributed by atoms with Gasteiger partial charge in [0.1, 0.15) is 0 Å². The van der Waals surface area contributed by atoms with E-state index >= 15 is 0 Å². The van der Waals surface area contributed by atoms with Crippen LogP contribution in [0.1, 0.15) is 30.5 Å². The summed E-state index contributed by atoms with van der Waals surface area (Å²) in [6.45, 7) is 9.02. The maximum Gasteiger partial charge on any atom is 0.234 e. The quantitative estimate of drug-likeness (QED) is 0.695. The minimum atomic E-state index is 0.0235. The second-order valence-electron chi connectivity index (χ2n) is 6.48. The number of carbonyl (C=O) groups excluding carboxylic acids is 1. The van der Waals surface area contributed by atoms with Crippen LogP contribution in [0.5, 0.6) is 11.5 Å². The molecule has 0 unspecified atom stereocenters. The molecule has 0 aliphatic carbocycles. The molecule has 2 rings (SSSR count). The van der Waals surface area contributed by atoms with Gasteiger partial charge in [-0.05, 0) is 43.7 Å². The van der Waals surface area contributed by atoms with Gasteiger partial charge in [0.05, 0.1) is 20.3 Å². The Balaban J connectivity index is 1.90. The molecule has 5 heteroatoms. The molecule has 1 N–H and O–H groups in total. The summed E-state index contributed by atoms with van der Waals surface area (Å²) in [5.41, 5.74) is 3.41. The number of carbonyl (C=O) groups is 1. The van der Waals surface area contributed by atoms with Gasteiger partial charge in [-0.2, -0.15) is 0 Å². The average molecular weight is 370 g/mol. The smallest absolute Gasteiger partial charge is 0.234 e. The van der Waals surface area contributed by atoms with Gasteiger partial charge >= 0.3 is 0 Å². The maximum atomic E-state index is 12.3. The van der Waals surface area contributed by atoms with Crippen LogP contribution in [-0.2, 0) is 17.9 Å². The van der Waals surface area contributed by atoms with E-state index in [1.165, 1.54) is 5.56 Å². The highest BCUT2D eigenvalue weighted by Gasteiger charge is 2.12. The van der Waals surface area contributed by atoms with Crippen molar-refractivity contribution in [2.24, 2.45) is 0 Å². The third-order valence-electron chi connectivity index (χ3n) is 4.36. The number of hydrogen-bond acceptors (Lipinski definition) is 4. The summed E-state index contributed by atoms with van der Waals surface area (Å²) in [7, 11) is 1.64. The van der Waals surface area contributed by atoms with Gasteiger partial charge in [-0.15, -0.1) is 0 Å². The number of amides is 1. The van der Waals surface area contributed by atoms with Crippen LogP contribution in [0.4, 0.5) is 0 Å². The summed E-state index contributed by atoms with van der Waals surface area (Å²) in [4.78, 5) is 14.4. The molecule has 5 nitrogen and oxygen atoms in total. The number of aryl methyl sites for hydroxylation is 1. The fourth-order valence-electron chi connectivity index (χ4n) is 2.79. The third-order valence-corrected chi connectivity index (χ3v) is 4.36. The summed E-state index contributed by atoms with van der Waals surface area (Å²) in [5, 5.41) is 2.99. The number of benzene rings is 2. The minimum Gasteiger partial charge on any atom is -0.493 e. The van der Waals surface area contributed by atoms with Crippen LogP contribution in [0, 0.1) is 6.92 Å². The van der Waals surface area contributed by atoms with Gasteiger partial charge in [-0.3, -0.25) is 9.69 Å². The van der Waals surface area contributed by atoms with Crippen molar-refractivity contribution in [3.8, 4) is 11.5 Å². The molecule has 0 radical (unpaired) electrons. The van der Waals surface area contributed by atoms with Gasteiger partial charge in [0.15, 0.2) is 11.5 Å². The predicted octanol–water partition coefficient (Wildman–Crippen LogP) is 3.54. The number of methoxy groups -OCH3 is 1. The van der Waals surface area contributed by atoms with E-state index < -0.39 is 0 Å². The van der Waals surface area contributed by atoms with Gasteiger partial charge in [-0.25, -0.2) is 0 Å². The first-order valence-corrected chi connectivity index (χ1v) is 9.40. The number of hydrogen-bond donors (Lipinski definition) is 1. The van der Waals surface area contributed by atoms with Crippen molar-refractivity contribution in [2.75, 3.05) is 26.8 Å². The summed E-state index contributed by atoms with van der Waals surface area (Å²) in [6, 6.07) is 14.1. The Labute approximate surface area is 162 Å². The van der Waals surface area contributed by atoms with Crippen LogP contribution in [0.15, 0.2) is 42.5 Å². The first-order valence-electron chi connectivity index (χ1n) is 9.40. The van der Waals surface area contributed by atoms with Crippen molar-refractivity contribution < 1.29 is 14.3 Å². The van der Waals surface area contributed by atoms with Crippen molar-refractivity contribution in [1.29, 1.82) is 0 Å². The Kier molecular flexibility index (Phi) is 8.14. The second-order valence-corrected chi connectivity index (χ2v) is 6.48. The number of nitrogens with zero attached hydrogens (tertiary/aromatic N) is 1. The molecule has 0 aliphatic heterocycles. The van der Waals surface area contributed by atoms with Crippen LogP contribution < -0.4 is 14.8 Å². The lowest BCUT2D eigenvalue weighted by molar-refractivity contribution is -0.122. The number of rotatable bonds is 10. The van der Waals surface area contributed by atoms with E-state index in [4.69, 9.17) is 9.47 Å². The predicted molar refractivity (Wildman–Crippen MR) is 108 cm³/mol.